The Morgan fingerprint density at radius 3 is 1.43 bits per heavy atom. The largest absolute Gasteiger partial charge is 0.309 e. The lowest BCUT2D eigenvalue weighted by Gasteiger charge is -2.41. The van der Waals surface area contributed by atoms with Gasteiger partial charge in [-0.1, -0.05) is 231 Å². The summed E-state index contributed by atoms with van der Waals surface area (Å²) in [6.07, 6.45) is 0. The lowest BCUT2D eigenvalue weighted by atomic mass is 9.61. The van der Waals surface area contributed by atoms with E-state index in [1.54, 1.807) is 0 Å². The first-order valence-electron chi connectivity index (χ1n) is 23.5. The molecule has 0 fully saturated rings. The van der Waals surface area contributed by atoms with Crippen LogP contribution >= 0.6 is 0 Å². The SMILES string of the molecule is c1ccc(-c2cccc(-c3ccccc3)c2N(c2ccc3c(c2)C(c2ccccc2)c2ccccc2-3)c2ccc3c(c2)C2(c4ccccc4-c4ccccc42)c2cccc4cccc-3c24)cc1. The second-order valence-electron chi connectivity index (χ2n) is 18.3. The Labute approximate surface area is 391 Å². The maximum atomic E-state index is 2.58. The number of benzene rings is 11. The van der Waals surface area contributed by atoms with E-state index in [1.807, 2.05) is 0 Å². The number of rotatable bonds is 6. The molecule has 0 aliphatic heterocycles. The minimum absolute atomic E-state index is 0.0995. The Hall–Kier alpha value is -8.52. The average molecular weight is 850 g/mol. The maximum Gasteiger partial charge on any atom is 0.0726 e. The van der Waals surface area contributed by atoms with Crippen molar-refractivity contribution in [1.82, 2.24) is 0 Å². The number of hydrogen-bond donors (Lipinski definition) is 0. The fourth-order valence-electron chi connectivity index (χ4n) is 12.3. The smallest absolute Gasteiger partial charge is 0.0726 e. The summed E-state index contributed by atoms with van der Waals surface area (Å²) in [6, 6.07) is 95.4. The van der Waals surface area contributed by atoms with E-state index in [-0.39, 0.29) is 5.92 Å². The van der Waals surface area contributed by atoms with Gasteiger partial charge in [0.1, 0.15) is 0 Å². The lowest BCUT2D eigenvalue weighted by molar-refractivity contribution is 0.773. The molecule has 1 heteroatoms. The third-order valence-electron chi connectivity index (χ3n) is 14.9. The van der Waals surface area contributed by atoms with Crippen LogP contribution in [0.4, 0.5) is 17.1 Å². The molecular formula is C66H43N. The van der Waals surface area contributed by atoms with Crippen LogP contribution in [-0.4, -0.2) is 0 Å². The van der Waals surface area contributed by atoms with Gasteiger partial charge >= 0.3 is 0 Å². The van der Waals surface area contributed by atoms with Gasteiger partial charge in [0.25, 0.3) is 0 Å². The molecule has 1 nitrogen and oxygen atoms in total. The molecule has 1 atom stereocenters. The molecule has 1 spiro atoms. The van der Waals surface area contributed by atoms with Crippen LogP contribution in [0.1, 0.15) is 44.9 Å². The summed E-state index contributed by atoms with van der Waals surface area (Å²) in [5, 5.41) is 2.60. The van der Waals surface area contributed by atoms with E-state index in [9.17, 15) is 0 Å². The quantitative estimate of drug-likeness (QED) is 0.161. The summed E-state index contributed by atoms with van der Waals surface area (Å²) in [4.78, 5) is 2.58. The molecule has 14 rings (SSSR count). The van der Waals surface area contributed by atoms with Crippen LogP contribution < -0.4 is 4.90 Å². The number of hydrogen-bond acceptors (Lipinski definition) is 1. The summed E-state index contributed by atoms with van der Waals surface area (Å²) in [6.45, 7) is 0. The van der Waals surface area contributed by atoms with Gasteiger partial charge in [-0.05, 0) is 118 Å². The van der Waals surface area contributed by atoms with Crippen molar-refractivity contribution in [1.29, 1.82) is 0 Å². The molecule has 0 N–H and O–H groups in total. The summed E-state index contributed by atoms with van der Waals surface area (Å²) in [5.74, 6) is 0.0995. The summed E-state index contributed by atoms with van der Waals surface area (Å²) in [7, 11) is 0. The molecule has 1 unspecified atom stereocenters. The van der Waals surface area contributed by atoms with Crippen molar-refractivity contribution >= 4 is 27.8 Å². The fraction of sp³-hybridized carbons (Fsp3) is 0.0303. The summed E-state index contributed by atoms with van der Waals surface area (Å²) >= 11 is 0. The van der Waals surface area contributed by atoms with Gasteiger partial charge < -0.3 is 4.90 Å². The van der Waals surface area contributed by atoms with Crippen molar-refractivity contribution in [3.8, 4) is 55.6 Å². The van der Waals surface area contributed by atoms with Gasteiger partial charge in [0.2, 0.25) is 0 Å². The van der Waals surface area contributed by atoms with Crippen LogP contribution in [0, 0.1) is 0 Å². The molecule has 0 amide bonds. The minimum atomic E-state index is -0.558. The van der Waals surface area contributed by atoms with Crippen molar-refractivity contribution in [2.45, 2.75) is 11.3 Å². The third kappa shape index (κ3) is 5.43. The van der Waals surface area contributed by atoms with Crippen molar-refractivity contribution < 1.29 is 0 Å². The monoisotopic (exact) mass is 849 g/mol. The number of nitrogens with zero attached hydrogens (tertiary/aromatic N) is 1. The number of para-hydroxylation sites is 1. The predicted octanol–water partition coefficient (Wildman–Crippen LogP) is 17.1. The molecule has 11 aromatic carbocycles. The standard InChI is InChI=1S/C66H43N/c1-4-19-43(20-5-1)49-31-18-32-50(44-21-6-2-7-22-44)65(49)67(47-37-39-52-51-27-10-11-30-56(51)63(58(52)41-47)45-23-8-3-9-24-45)48-38-40-55-57-33-16-25-46-26-17-36-61(64(46)57)66(62(55)42-48)59-34-14-12-28-53(59)54-29-13-15-35-60(54)66/h1-42,63H. The highest BCUT2D eigenvalue weighted by Gasteiger charge is 2.50. The normalized spacial score (nSPS) is 14.2. The lowest BCUT2D eigenvalue weighted by Crippen LogP contribution is -2.32. The predicted molar refractivity (Wildman–Crippen MR) is 279 cm³/mol. The molecule has 0 saturated heterocycles. The van der Waals surface area contributed by atoms with Crippen molar-refractivity contribution in [2.75, 3.05) is 4.90 Å². The van der Waals surface area contributed by atoms with E-state index in [4.69, 9.17) is 0 Å². The molecule has 3 aliphatic carbocycles. The van der Waals surface area contributed by atoms with E-state index in [0.717, 1.165) is 17.1 Å². The molecule has 0 bridgehead atoms. The summed E-state index contributed by atoms with van der Waals surface area (Å²) in [5.41, 5.74) is 24.5. The van der Waals surface area contributed by atoms with E-state index in [2.05, 4.69) is 260 Å². The van der Waals surface area contributed by atoms with Gasteiger partial charge in [-0.3, -0.25) is 0 Å². The summed E-state index contributed by atoms with van der Waals surface area (Å²) < 4.78 is 0. The van der Waals surface area contributed by atoms with Gasteiger partial charge in [0.05, 0.1) is 11.1 Å². The Morgan fingerprint density at radius 2 is 0.761 bits per heavy atom. The second-order valence-corrected chi connectivity index (χ2v) is 18.3. The highest BCUT2D eigenvalue weighted by molar-refractivity contribution is 6.08. The van der Waals surface area contributed by atoms with E-state index < -0.39 is 5.41 Å². The fourth-order valence-corrected chi connectivity index (χ4v) is 12.3. The first-order valence-corrected chi connectivity index (χ1v) is 23.5. The molecule has 312 valence electrons. The molecule has 3 aliphatic rings. The van der Waals surface area contributed by atoms with Gasteiger partial charge in [0.15, 0.2) is 0 Å². The second kappa shape index (κ2) is 14.8. The molecule has 0 heterocycles. The van der Waals surface area contributed by atoms with Crippen LogP contribution in [0.25, 0.3) is 66.4 Å². The van der Waals surface area contributed by atoms with Crippen molar-refractivity contribution in [2.24, 2.45) is 0 Å². The minimum Gasteiger partial charge on any atom is -0.309 e. The Morgan fingerprint density at radius 1 is 0.299 bits per heavy atom. The van der Waals surface area contributed by atoms with Gasteiger partial charge in [0, 0.05) is 28.4 Å². The van der Waals surface area contributed by atoms with Crippen LogP contribution in [0.15, 0.2) is 255 Å². The Balaban J connectivity index is 1.11. The third-order valence-corrected chi connectivity index (χ3v) is 14.9. The zero-order chi connectivity index (χ0) is 44.1. The zero-order valence-corrected chi connectivity index (χ0v) is 36.8. The first-order chi connectivity index (χ1) is 33.3. The van der Waals surface area contributed by atoms with E-state index >= 15 is 0 Å². The highest BCUT2D eigenvalue weighted by atomic mass is 15.1. The molecule has 0 saturated carbocycles. The molecular weight excluding hydrogens is 807 g/mol. The van der Waals surface area contributed by atoms with Crippen LogP contribution in [0.5, 0.6) is 0 Å². The van der Waals surface area contributed by atoms with E-state index in [1.165, 1.54) is 105 Å². The van der Waals surface area contributed by atoms with Crippen molar-refractivity contribution in [3.05, 3.63) is 294 Å². The number of anilines is 3. The van der Waals surface area contributed by atoms with Gasteiger partial charge in [-0.2, -0.15) is 0 Å². The molecule has 0 radical (unpaired) electrons. The number of fused-ring (bicyclic) bond motifs is 12. The highest BCUT2D eigenvalue weighted by Crippen LogP contribution is 2.63. The van der Waals surface area contributed by atoms with Crippen LogP contribution in [-0.2, 0) is 5.41 Å². The topological polar surface area (TPSA) is 3.24 Å². The Kier molecular flexibility index (Phi) is 8.33. The van der Waals surface area contributed by atoms with Crippen LogP contribution in [0.2, 0.25) is 0 Å². The average Bonchev–Trinajstić information content (AvgIpc) is 3.89. The molecule has 11 aromatic rings. The van der Waals surface area contributed by atoms with Crippen LogP contribution in [0.3, 0.4) is 0 Å². The van der Waals surface area contributed by atoms with Gasteiger partial charge in [-0.25, -0.2) is 0 Å². The maximum absolute atomic E-state index is 2.58. The Bertz CT molecular complexity index is 3650. The zero-order valence-electron chi connectivity index (χ0n) is 36.8. The molecule has 67 heavy (non-hydrogen) atoms. The van der Waals surface area contributed by atoms with E-state index in [0.29, 0.717) is 0 Å². The first kappa shape index (κ1) is 37.8. The van der Waals surface area contributed by atoms with Gasteiger partial charge in [-0.15, -0.1) is 0 Å². The molecule has 0 aromatic heterocycles. The van der Waals surface area contributed by atoms with Crippen molar-refractivity contribution in [3.63, 3.8) is 0 Å².